The minimum absolute atomic E-state index is 0.333. The third kappa shape index (κ3) is 9.48. The second-order valence-corrected chi connectivity index (χ2v) is 21.0. The number of benzene rings is 1. The third-order valence-corrected chi connectivity index (χ3v) is 16.6. The Bertz CT molecular complexity index is 3130. The molecule has 0 amide bonds. The summed E-state index contributed by atoms with van der Waals surface area (Å²) in [6, 6.07) is 9.56. The molecule has 8 aromatic heterocycles. The number of aromatic nitrogens is 11. The lowest BCUT2D eigenvalue weighted by atomic mass is 9.96. The number of halogens is 3. The maximum atomic E-state index is 8.97. The molecule has 0 aliphatic carbocycles. The van der Waals surface area contributed by atoms with Crippen LogP contribution in [0.2, 0.25) is 0 Å². The van der Waals surface area contributed by atoms with Gasteiger partial charge in [0.05, 0.1) is 93.4 Å². The van der Waals surface area contributed by atoms with Crippen molar-refractivity contribution in [1.82, 2.24) is 69.7 Å². The van der Waals surface area contributed by atoms with Gasteiger partial charge in [-0.25, -0.2) is 19.9 Å². The lowest BCUT2D eigenvalue weighted by molar-refractivity contribution is 0.453. The van der Waals surface area contributed by atoms with Crippen LogP contribution in [0.4, 0.5) is 17.5 Å². The molecule has 1 aromatic carbocycles. The first-order chi connectivity index (χ1) is 33.7. The van der Waals surface area contributed by atoms with Crippen molar-refractivity contribution in [1.29, 1.82) is 5.26 Å². The minimum atomic E-state index is 0.333. The number of nitrogens with one attached hydrogen (secondary N) is 3. The van der Waals surface area contributed by atoms with Crippen LogP contribution in [0.25, 0.3) is 49.8 Å². The fraction of sp³-hybridized carbons (Fsp3) is 0.326. The van der Waals surface area contributed by atoms with Crippen LogP contribution in [0.15, 0.2) is 78.9 Å². The molecule has 12 rings (SSSR count). The summed E-state index contributed by atoms with van der Waals surface area (Å²) < 4.78 is 7.56. The van der Waals surface area contributed by atoms with Crippen LogP contribution in [0, 0.1) is 11.3 Å². The average molecular weight is 1160 g/mol. The zero-order valence-electron chi connectivity index (χ0n) is 37.1. The summed E-state index contributed by atoms with van der Waals surface area (Å²) in [7, 11) is 0. The molecule has 11 heterocycles. The highest BCUT2D eigenvalue weighted by Crippen LogP contribution is 2.38. The summed E-state index contributed by atoms with van der Waals surface area (Å²) in [4.78, 5) is 24.2. The highest BCUT2D eigenvalue weighted by molar-refractivity contribution is 9.11. The number of nitriles is 1. The van der Waals surface area contributed by atoms with Gasteiger partial charge in [0.25, 0.3) is 0 Å². The van der Waals surface area contributed by atoms with E-state index in [1.807, 2.05) is 40.9 Å². The molecular formula is C46H47Br3N18S2. The molecule has 3 atom stereocenters. The highest BCUT2D eigenvalue weighted by Gasteiger charge is 2.27. The van der Waals surface area contributed by atoms with Crippen molar-refractivity contribution in [2.75, 3.05) is 56.5 Å². The molecule has 3 fully saturated rings. The largest absolute Gasteiger partial charge is 0.383 e. The maximum absolute atomic E-state index is 8.97. The van der Waals surface area contributed by atoms with Gasteiger partial charge in [-0.3, -0.25) is 4.98 Å². The lowest BCUT2D eigenvalue weighted by Gasteiger charge is -2.23. The van der Waals surface area contributed by atoms with Gasteiger partial charge in [-0.05, 0) is 124 Å². The number of rotatable bonds is 6. The van der Waals surface area contributed by atoms with Gasteiger partial charge in [-0.2, -0.15) is 34.1 Å². The molecule has 3 aliphatic heterocycles. The number of piperidine rings is 3. The second kappa shape index (κ2) is 20.9. The van der Waals surface area contributed by atoms with Gasteiger partial charge < -0.3 is 33.2 Å². The smallest absolute Gasteiger partial charge is 0.167 e. The van der Waals surface area contributed by atoms with E-state index in [4.69, 9.17) is 37.4 Å². The number of nitrogens with two attached hydrogens (primary N) is 3. The maximum Gasteiger partial charge on any atom is 0.167 e. The monoisotopic (exact) mass is 1150 g/mol. The van der Waals surface area contributed by atoms with Crippen LogP contribution in [0.3, 0.4) is 0 Å². The van der Waals surface area contributed by atoms with E-state index in [9.17, 15) is 0 Å². The number of hydrogen-bond acceptors (Lipinski definition) is 17. The Morgan fingerprint density at radius 2 is 1.07 bits per heavy atom. The molecule has 3 aliphatic rings. The number of thiazole rings is 2. The molecule has 9 aromatic rings. The van der Waals surface area contributed by atoms with Crippen molar-refractivity contribution >= 4 is 105 Å². The van der Waals surface area contributed by atoms with Crippen LogP contribution in [0.1, 0.15) is 78.9 Å². The molecule has 0 radical (unpaired) electrons. The Balaban J connectivity index is 0.000000121. The molecule has 9 N–H and O–H groups in total. The van der Waals surface area contributed by atoms with Crippen molar-refractivity contribution in [2.24, 2.45) is 0 Å². The Morgan fingerprint density at radius 3 is 1.49 bits per heavy atom. The van der Waals surface area contributed by atoms with Crippen LogP contribution < -0.4 is 33.2 Å². The number of fused-ring (bicyclic) bond motifs is 3. The normalized spacial score (nSPS) is 18.4. The number of nitrogens with zero attached hydrogens (tertiary/aromatic N) is 12. The van der Waals surface area contributed by atoms with Crippen molar-refractivity contribution in [2.45, 2.75) is 56.3 Å². The first kappa shape index (κ1) is 47.2. The molecule has 0 saturated carbocycles. The van der Waals surface area contributed by atoms with Gasteiger partial charge in [0, 0.05) is 54.5 Å². The Hall–Kier alpha value is -5.45. The predicted molar refractivity (Wildman–Crippen MR) is 282 cm³/mol. The standard InChI is InChI=1S/C18H17BrN6.2C14H15BrN6S/c19-15-16(13-2-1-7-22-9-13)24-18-14(10-23-25(18)17(15)21)12-5-3-11(8-20)4-6-12;15-11-12(8-2-1-3-17-4-8)20-14-9(10-6-22-7-18-10)5-19-21(14)13(11)16;15-11-12(8-2-1-3-17-4-8)20-14-9(10-6-18-7-22-10)5-19-21(14)13(11)16/h3-6,10,13,22H,1-2,7,9,21H2;2*5-8,17H,1-4,16H2. The molecule has 354 valence electrons. The Morgan fingerprint density at radius 1 is 0.609 bits per heavy atom. The van der Waals surface area contributed by atoms with E-state index < -0.39 is 0 Å². The summed E-state index contributed by atoms with van der Waals surface area (Å²) >= 11 is 14.0. The third-order valence-electron chi connectivity index (χ3n) is 12.7. The topological polar surface area (TPSA) is 254 Å². The van der Waals surface area contributed by atoms with Crippen LogP contribution in [0.5, 0.6) is 0 Å². The second-order valence-electron chi connectivity index (χ2n) is 17.0. The lowest BCUT2D eigenvalue weighted by Crippen LogP contribution is -2.29. The van der Waals surface area contributed by atoms with Crippen LogP contribution >= 0.6 is 70.5 Å². The molecule has 23 heteroatoms. The summed E-state index contributed by atoms with van der Waals surface area (Å²) in [5.41, 5.74) is 33.1. The van der Waals surface area contributed by atoms with E-state index in [1.165, 1.54) is 0 Å². The molecular weight excluding hydrogens is 1110 g/mol. The van der Waals surface area contributed by atoms with Gasteiger partial charge in [-0.15, -0.1) is 22.7 Å². The molecule has 3 saturated heterocycles. The fourth-order valence-electron chi connectivity index (χ4n) is 9.08. The average Bonchev–Trinajstić information content (AvgIpc) is 4.27. The van der Waals surface area contributed by atoms with Gasteiger partial charge >= 0.3 is 0 Å². The summed E-state index contributed by atoms with van der Waals surface area (Å²) in [5, 5.41) is 34.4. The molecule has 0 bridgehead atoms. The quantitative estimate of drug-likeness (QED) is 0.0914. The fourth-order valence-corrected chi connectivity index (χ4v) is 12.0. The van der Waals surface area contributed by atoms with Crippen molar-refractivity contribution in [3.8, 4) is 38.9 Å². The van der Waals surface area contributed by atoms with Gasteiger partial charge in [0.2, 0.25) is 0 Å². The highest BCUT2D eigenvalue weighted by atomic mass is 79.9. The zero-order valence-corrected chi connectivity index (χ0v) is 43.5. The zero-order chi connectivity index (χ0) is 47.6. The number of anilines is 3. The Labute approximate surface area is 430 Å². The van der Waals surface area contributed by atoms with E-state index in [0.717, 1.165) is 158 Å². The summed E-state index contributed by atoms with van der Waals surface area (Å²) in [6.45, 7) is 5.97. The van der Waals surface area contributed by atoms with Gasteiger partial charge in [0.1, 0.15) is 17.5 Å². The molecule has 18 nitrogen and oxygen atoms in total. The van der Waals surface area contributed by atoms with Gasteiger partial charge in [0.15, 0.2) is 16.9 Å². The number of nitrogen functional groups attached to an aromatic ring is 3. The van der Waals surface area contributed by atoms with E-state index in [1.54, 1.807) is 60.7 Å². The van der Waals surface area contributed by atoms with Gasteiger partial charge in [-0.1, -0.05) is 12.1 Å². The van der Waals surface area contributed by atoms with Crippen molar-refractivity contribution < 1.29 is 0 Å². The molecule has 69 heavy (non-hydrogen) atoms. The molecule has 0 spiro atoms. The summed E-state index contributed by atoms with van der Waals surface area (Å²) in [5.74, 6) is 2.83. The van der Waals surface area contributed by atoms with E-state index in [2.05, 4.69) is 95.1 Å². The summed E-state index contributed by atoms with van der Waals surface area (Å²) in [6.07, 6.45) is 14.0. The minimum Gasteiger partial charge on any atom is -0.383 e. The number of hydrogen-bond donors (Lipinski definition) is 6. The Kier molecular flexibility index (Phi) is 14.3. The van der Waals surface area contributed by atoms with E-state index in [0.29, 0.717) is 40.8 Å². The predicted octanol–water partition coefficient (Wildman–Crippen LogP) is 8.41. The van der Waals surface area contributed by atoms with E-state index >= 15 is 0 Å². The van der Waals surface area contributed by atoms with E-state index in [-0.39, 0.29) is 0 Å². The first-order valence-corrected chi connectivity index (χ1v) is 26.8. The SMILES string of the molecule is N#Cc1ccc(-c2cnn3c(N)c(Br)c(C4CCCNC4)nc23)cc1.Nc1c(Br)c(C2CCCNC2)nc2c(-c3cncs3)cnn12.Nc1c(Br)c(C2CCCNC2)nc2c(-c3cscn3)cnn12. The van der Waals surface area contributed by atoms with Crippen LogP contribution in [-0.4, -0.2) is 93.0 Å². The van der Waals surface area contributed by atoms with Crippen LogP contribution in [-0.2, 0) is 0 Å². The molecule has 3 unspecified atom stereocenters. The van der Waals surface area contributed by atoms with Crippen molar-refractivity contribution in [3.63, 3.8) is 0 Å². The van der Waals surface area contributed by atoms with Crippen molar-refractivity contribution in [3.05, 3.63) is 102 Å². The first-order valence-electron chi connectivity index (χ1n) is 22.6.